The first-order chi connectivity index (χ1) is 4.88. The molecule has 2 rings (SSSR count). The third-order valence-corrected chi connectivity index (χ3v) is 2.80. The Morgan fingerprint density at radius 2 is 2.60 bits per heavy atom. The zero-order valence-corrected chi connectivity index (χ0v) is 6.74. The lowest BCUT2D eigenvalue weighted by atomic mass is 10.3. The average Bonchev–Trinajstić information content (AvgIpc) is 2.36. The lowest BCUT2D eigenvalue weighted by Crippen LogP contribution is -2.34. The molecule has 1 aromatic heterocycles. The van der Waals surface area contributed by atoms with Crippen LogP contribution in [0.4, 0.5) is 5.00 Å². The van der Waals surface area contributed by atoms with Gasteiger partial charge < -0.3 is 4.90 Å². The topological polar surface area (TPSA) is 15.3 Å². The highest BCUT2D eigenvalue weighted by molar-refractivity contribution is 7.14. The Balaban J connectivity index is 2.41. The van der Waals surface area contributed by atoms with Crippen LogP contribution in [0.15, 0.2) is 11.4 Å². The zero-order chi connectivity index (χ0) is 6.97. The smallest absolute Gasteiger partial charge is 0.0961 e. The largest absolute Gasteiger partial charge is 0.353 e. The minimum absolute atomic E-state index is 0.980. The van der Waals surface area contributed by atoms with E-state index in [9.17, 15) is 0 Å². The fourth-order valence-electron chi connectivity index (χ4n) is 1.23. The van der Waals surface area contributed by atoms with Crippen LogP contribution in [-0.2, 0) is 6.54 Å². The predicted molar refractivity (Wildman–Crippen MR) is 44.4 cm³/mol. The summed E-state index contributed by atoms with van der Waals surface area (Å²) in [6, 6.07) is 2.18. The number of hydrogen-bond donors (Lipinski definition) is 1. The van der Waals surface area contributed by atoms with Crippen LogP contribution < -0.4 is 10.2 Å². The van der Waals surface area contributed by atoms with Crippen LogP contribution >= 0.6 is 11.3 Å². The van der Waals surface area contributed by atoms with Crippen LogP contribution in [0, 0.1) is 0 Å². The molecule has 0 amide bonds. The van der Waals surface area contributed by atoms with Crippen molar-refractivity contribution in [1.82, 2.24) is 5.32 Å². The van der Waals surface area contributed by atoms with E-state index in [1.165, 1.54) is 10.6 Å². The van der Waals surface area contributed by atoms with Crippen LogP contribution in [0.3, 0.4) is 0 Å². The van der Waals surface area contributed by atoms with Crippen molar-refractivity contribution in [2.45, 2.75) is 6.54 Å². The van der Waals surface area contributed by atoms with Crippen LogP contribution in [0.1, 0.15) is 5.56 Å². The molecule has 2 heterocycles. The molecule has 0 aromatic carbocycles. The summed E-state index contributed by atoms with van der Waals surface area (Å²) in [7, 11) is 2.11. The summed E-state index contributed by atoms with van der Waals surface area (Å²) in [5.41, 5.74) is 1.43. The number of anilines is 1. The first kappa shape index (κ1) is 6.19. The number of nitrogens with one attached hydrogen (secondary N) is 1. The number of thiophene rings is 1. The van der Waals surface area contributed by atoms with Gasteiger partial charge in [0.25, 0.3) is 0 Å². The maximum Gasteiger partial charge on any atom is 0.0961 e. The van der Waals surface area contributed by atoms with E-state index in [1.807, 2.05) is 11.3 Å². The second-order valence-electron chi connectivity index (χ2n) is 2.53. The van der Waals surface area contributed by atoms with Crippen molar-refractivity contribution >= 4 is 16.3 Å². The van der Waals surface area contributed by atoms with Gasteiger partial charge in [0.1, 0.15) is 0 Å². The Morgan fingerprint density at radius 1 is 1.70 bits per heavy atom. The summed E-state index contributed by atoms with van der Waals surface area (Å²) < 4.78 is 0. The van der Waals surface area contributed by atoms with Gasteiger partial charge in [-0.25, -0.2) is 0 Å². The highest BCUT2D eigenvalue weighted by atomic mass is 32.1. The third-order valence-electron chi connectivity index (χ3n) is 1.73. The Kier molecular flexibility index (Phi) is 1.39. The van der Waals surface area contributed by atoms with Gasteiger partial charge >= 0.3 is 0 Å². The molecule has 2 nitrogen and oxygen atoms in total. The van der Waals surface area contributed by atoms with Gasteiger partial charge in [0.2, 0.25) is 0 Å². The molecule has 0 fully saturated rings. The molecule has 0 radical (unpaired) electrons. The van der Waals surface area contributed by atoms with Crippen molar-refractivity contribution in [1.29, 1.82) is 0 Å². The number of hydrogen-bond acceptors (Lipinski definition) is 3. The standard InChI is InChI=1S/C7H10N2S/c1-9-5-8-4-6-2-3-10-7(6)9/h2-3,8H,4-5H2,1H3. The summed E-state index contributed by atoms with van der Waals surface area (Å²) in [6.45, 7) is 2.01. The summed E-state index contributed by atoms with van der Waals surface area (Å²) in [6.07, 6.45) is 0. The summed E-state index contributed by atoms with van der Waals surface area (Å²) in [4.78, 5) is 2.24. The number of nitrogens with zero attached hydrogens (tertiary/aromatic N) is 1. The monoisotopic (exact) mass is 154 g/mol. The van der Waals surface area contributed by atoms with Crippen molar-refractivity contribution in [2.24, 2.45) is 0 Å². The van der Waals surface area contributed by atoms with Crippen molar-refractivity contribution in [3.63, 3.8) is 0 Å². The van der Waals surface area contributed by atoms with Gasteiger partial charge in [0.15, 0.2) is 0 Å². The van der Waals surface area contributed by atoms with Crippen molar-refractivity contribution in [3.8, 4) is 0 Å². The van der Waals surface area contributed by atoms with E-state index >= 15 is 0 Å². The predicted octanol–water partition coefficient (Wildman–Crippen LogP) is 1.24. The first-order valence-corrected chi connectivity index (χ1v) is 4.24. The van der Waals surface area contributed by atoms with Gasteiger partial charge in [-0.1, -0.05) is 0 Å². The van der Waals surface area contributed by atoms with E-state index < -0.39 is 0 Å². The number of rotatable bonds is 0. The van der Waals surface area contributed by atoms with Crippen LogP contribution in [0.5, 0.6) is 0 Å². The molecular weight excluding hydrogens is 144 g/mol. The van der Waals surface area contributed by atoms with Gasteiger partial charge in [0.05, 0.1) is 11.7 Å². The maximum atomic E-state index is 3.31. The van der Waals surface area contributed by atoms with Gasteiger partial charge in [0, 0.05) is 19.2 Å². The van der Waals surface area contributed by atoms with Crippen molar-refractivity contribution < 1.29 is 0 Å². The van der Waals surface area contributed by atoms with Gasteiger partial charge in [-0.2, -0.15) is 0 Å². The average molecular weight is 154 g/mol. The zero-order valence-electron chi connectivity index (χ0n) is 5.92. The molecule has 0 saturated carbocycles. The molecule has 3 heteroatoms. The van der Waals surface area contributed by atoms with E-state index in [4.69, 9.17) is 0 Å². The second-order valence-corrected chi connectivity index (χ2v) is 3.43. The Morgan fingerprint density at radius 3 is 3.40 bits per heavy atom. The van der Waals surface area contributed by atoms with E-state index in [-0.39, 0.29) is 0 Å². The third kappa shape index (κ3) is 0.822. The second kappa shape index (κ2) is 2.25. The highest BCUT2D eigenvalue weighted by Gasteiger charge is 2.12. The summed E-state index contributed by atoms with van der Waals surface area (Å²) in [5, 5.41) is 6.87. The molecule has 54 valence electrons. The summed E-state index contributed by atoms with van der Waals surface area (Å²) in [5.74, 6) is 0. The van der Waals surface area contributed by atoms with Crippen LogP contribution in [0.25, 0.3) is 0 Å². The maximum absolute atomic E-state index is 3.31. The Hall–Kier alpha value is -0.540. The van der Waals surface area contributed by atoms with Crippen LogP contribution in [0.2, 0.25) is 0 Å². The minimum atomic E-state index is 0.980. The molecule has 1 aromatic rings. The Bertz CT molecular complexity index is 231. The molecule has 1 aliphatic rings. The molecule has 0 spiro atoms. The summed E-state index contributed by atoms with van der Waals surface area (Å²) >= 11 is 1.82. The molecule has 0 atom stereocenters. The normalized spacial score (nSPS) is 17.1. The quantitative estimate of drug-likeness (QED) is 0.605. The first-order valence-electron chi connectivity index (χ1n) is 3.36. The van der Waals surface area contributed by atoms with Crippen LogP contribution in [-0.4, -0.2) is 13.7 Å². The SMILES string of the molecule is CN1CNCc2ccsc21. The van der Waals surface area contributed by atoms with E-state index in [1.54, 1.807) is 0 Å². The molecular formula is C7H10N2S. The Labute approximate surface area is 64.5 Å². The fraction of sp³-hybridized carbons (Fsp3) is 0.429. The van der Waals surface area contributed by atoms with Gasteiger partial charge in [-0.15, -0.1) is 11.3 Å². The van der Waals surface area contributed by atoms with Gasteiger partial charge in [-0.3, -0.25) is 5.32 Å². The minimum Gasteiger partial charge on any atom is -0.353 e. The lowest BCUT2D eigenvalue weighted by molar-refractivity contribution is 0.652. The van der Waals surface area contributed by atoms with E-state index in [0.29, 0.717) is 0 Å². The van der Waals surface area contributed by atoms with Gasteiger partial charge in [-0.05, 0) is 11.4 Å². The highest BCUT2D eigenvalue weighted by Crippen LogP contribution is 2.28. The molecule has 10 heavy (non-hydrogen) atoms. The van der Waals surface area contributed by atoms with E-state index in [2.05, 4.69) is 28.7 Å². The fourth-order valence-corrected chi connectivity index (χ4v) is 2.12. The molecule has 1 N–H and O–H groups in total. The lowest BCUT2D eigenvalue weighted by Gasteiger charge is -2.24. The molecule has 0 saturated heterocycles. The molecule has 0 aliphatic carbocycles. The van der Waals surface area contributed by atoms with E-state index in [0.717, 1.165) is 13.2 Å². The van der Waals surface area contributed by atoms with Crippen molar-refractivity contribution in [2.75, 3.05) is 18.6 Å². The molecule has 0 unspecified atom stereocenters. The van der Waals surface area contributed by atoms with Crippen molar-refractivity contribution in [3.05, 3.63) is 17.0 Å². The molecule has 0 bridgehead atoms. The number of fused-ring (bicyclic) bond motifs is 1. The molecule has 1 aliphatic heterocycles.